The Morgan fingerprint density at radius 1 is 1.50 bits per heavy atom. The number of amides is 1. The van der Waals surface area contributed by atoms with Gasteiger partial charge >= 0.3 is 0 Å². The van der Waals surface area contributed by atoms with Gasteiger partial charge in [0.05, 0.1) is 11.3 Å². The fourth-order valence-electron chi connectivity index (χ4n) is 1.36. The van der Waals surface area contributed by atoms with Crippen molar-refractivity contribution in [1.29, 1.82) is 0 Å². The number of amidine groups is 1. The molecule has 1 aromatic rings. The van der Waals surface area contributed by atoms with E-state index in [-0.39, 0.29) is 23.7 Å². The van der Waals surface area contributed by atoms with Crippen LogP contribution in [0.4, 0.5) is 10.1 Å². The molecule has 0 aliphatic carbocycles. The Morgan fingerprint density at radius 3 is 2.70 bits per heavy atom. The molecule has 0 heterocycles. The maximum atomic E-state index is 13.2. The average Bonchev–Trinajstić information content (AvgIpc) is 2.37. The molecule has 0 aromatic heterocycles. The number of nitrogens with one attached hydrogen (secondary N) is 1. The summed E-state index contributed by atoms with van der Waals surface area (Å²) in [5, 5.41) is 14.0. The van der Waals surface area contributed by atoms with Crippen molar-refractivity contribution in [1.82, 2.24) is 0 Å². The molecule has 0 bridgehead atoms. The lowest BCUT2D eigenvalue weighted by atomic mass is 10.1. The number of anilines is 1. The van der Waals surface area contributed by atoms with Gasteiger partial charge in [0, 0.05) is 5.56 Å². The van der Waals surface area contributed by atoms with Crippen LogP contribution in [0.3, 0.4) is 0 Å². The van der Waals surface area contributed by atoms with Gasteiger partial charge in [-0.15, -0.1) is 0 Å². The van der Waals surface area contributed by atoms with E-state index in [1.54, 1.807) is 0 Å². The van der Waals surface area contributed by atoms with Crippen LogP contribution in [0.5, 0.6) is 0 Å². The van der Waals surface area contributed by atoms with Crippen LogP contribution < -0.4 is 11.1 Å². The van der Waals surface area contributed by atoms with E-state index in [2.05, 4.69) is 10.5 Å². The predicted octanol–water partition coefficient (Wildman–Crippen LogP) is 1.67. The Kier molecular flexibility index (Phi) is 5.04. The Bertz CT molecular complexity index is 524. The van der Waals surface area contributed by atoms with Gasteiger partial charge in [-0.1, -0.05) is 5.16 Å². The molecule has 1 amide bonds. The zero-order valence-electron chi connectivity index (χ0n) is 11.6. The molecule has 4 N–H and O–H groups in total. The van der Waals surface area contributed by atoms with E-state index in [4.69, 9.17) is 15.7 Å². The van der Waals surface area contributed by atoms with Gasteiger partial charge < -0.3 is 21.0 Å². The minimum atomic E-state index is -0.560. The van der Waals surface area contributed by atoms with Crippen LogP contribution in [0.15, 0.2) is 23.4 Å². The molecule has 0 unspecified atom stereocenters. The lowest BCUT2D eigenvalue weighted by Crippen LogP contribution is -2.28. The molecule has 6 nitrogen and oxygen atoms in total. The number of rotatable bonds is 4. The minimum Gasteiger partial charge on any atom is -0.409 e. The second kappa shape index (κ2) is 6.33. The summed E-state index contributed by atoms with van der Waals surface area (Å²) in [7, 11) is 0. The number of carbonyl (C=O) groups excluding carboxylic acids is 1. The first kappa shape index (κ1) is 15.9. The smallest absolute Gasteiger partial charge is 0.250 e. The van der Waals surface area contributed by atoms with E-state index < -0.39 is 17.3 Å². The van der Waals surface area contributed by atoms with Crippen LogP contribution in [-0.4, -0.2) is 29.2 Å². The van der Waals surface area contributed by atoms with Crippen molar-refractivity contribution >= 4 is 17.4 Å². The molecule has 0 spiro atoms. The summed E-state index contributed by atoms with van der Waals surface area (Å²) in [5.41, 5.74) is 5.32. The second-order valence-electron chi connectivity index (χ2n) is 5.12. The van der Waals surface area contributed by atoms with Gasteiger partial charge in [-0.2, -0.15) is 0 Å². The maximum absolute atomic E-state index is 13.2. The van der Waals surface area contributed by atoms with Crippen molar-refractivity contribution in [2.45, 2.75) is 26.4 Å². The Balaban J connectivity index is 2.85. The molecule has 1 aromatic carbocycles. The quantitative estimate of drug-likeness (QED) is 0.339. The molecule has 0 aliphatic heterocycles. The van der Waals surface area contributed by atoms with Crippen molar-refractivity contribution in [2.24, 2.45) is 10.9 Å². The molecule has 0 radical (unpaired) electrons. The van der Waals surface area contributed by atoms with Crippen LogP contribution >= 0.6 is 0 Å². The molecule has 0 saturated heterocycles. The highest BCUT2D eigenvalue weighted by atomic mass is 19.1. The summed E-state index contributed by atoms with van der Waals surface area (Å²) in [6.07, 6.45) is 0. The van der Waals surface area contributed by atoms with Gasteiger partial charge in [-0.25, -0.2) is 4.39 Å². The summed E-state index contributed by atoms with van der Waals surface area (Å²) in [6.45, 7) is 5.30. The number of nitrogens with zero attached hydrogens (tertiary/aromatic N) is 1. The number of benzene rings is 1. The van der Waals surface area contributed by atoms with E-state index in [0.29, 0.717) is 0 Å². The Hall–Kier alpha value is -2.15. The van der Waals surface area contributed by atoms with E-state index in [0.717, 1.165) is 12.1 Å². The van der Waals surface area contributed by atoms with Crippen molar-refractivity contribution in [3.63, 3.8) is 0 Å². The van der Waals surface area contributed by atoms with Gasteiger partial charge in [0.25, 0.3) is 0 Å². The number of carbonyl (C=O) groups is 1. The highest BCUT2D eigenvalue weighted by molar-refractivity contribution is 6.05. The third kappa shape index (κ3) is 4.85. The normalized spacial score (nSPS) is 12.3. The zero-order chi connectivity index (χ0) is 15.3. The fourth-order valence-corrected chi connectivity index (χ4v) is 1.36. The average molecular weight is 283 g/mol. The summed E-state index contributed by atoms with van der Waals surface area (Å²) in [4.78, 5) is 11.7. The van der Waals surface area contributed by atoms with Gasteiger partial charge in [0.15, 0.2) is 5.84 Å². The number of nitrogens with two attached hydrogens (primary N) is 1. The van der Waals surface area contributed by atoms with Crippen LogP contribution in [0.2, 0.25) is 0 Å². The first-order chi connectivity index (χ1) is 9.23. The van der Waals surface area contributed by atoms with Gasteiger partial charge in [0.2, 0.25) is 5.91 Å². The van der Waals surface area contributed by atoms with Crippen LogP contribution in [0.1, 0.15) is 26.3 Å². The minimum absolute atomic E-state index is 0.0941. The predicted molar refractivity (Wildman–Crippen MR) is 73.2 cm³/mol. The monoisotopic (exact) mass is 283 g/mol. The van der Waals surface area contributed by atoms with Crippen molar-refractivity contribution in [3.05, 3.63) is 29.6 Å². The molecule has 0 atom stereocenters. The zero-order valence-corrected chi connectivity index (χ0v) is 11.6. The summed E-state index contributed by atoms with van der Waals surface area (Å²) in [5.74, 6) is -1.27. The number of halogens is 1. The molecule has 110 valence electrons. The largest absolute Gasteiger partial charge is 0.409 e. The molecule has 1 rings (SSSR count). The maximum Gasteiger partial charge on any atom is 0.250 e. The molecule has 0 saturated carbocycles. The SMILES string of the molecule is CC(C)(C)OCC(=O)Nc1ccc(F)cc1/C(N)=N/O. The van der Waals surface area contributed by atoms with Crippen molar-refractivity contribution < 1.29 is 19.1 Å². The fraction of sp³-hybridized carbons (Fsp3) is 0.385. The van der Waals surface area contributed by atoms with Crippen LogP contribution in [-0.2, 0) is 9.53 Å². The Morgan fingerprint density at radius 2 is 2.15 bits per heavy atom. The van der Waals surface area contributed by atoms with E-state index in [1.807, 2.05) is 20.8 Å². The second-order valence-corrected chi connectivity index (χ2v) is 5.12. The van der Waals surface area contributed by atoms with E-state index in [9.17, 15) is 9.18 Å². The summed E-state index contributed by atoms with van der Waals surface area (Å²) < 4.78 is 18.5. The van der Waals surface area contributed by atoms with E-state index in [1.165, 1.54) is 6.07 Å². The first-order valence-corrected chi connectivity index (χ1v) is 5.94. The molecule has 0 aliphatic rings. The highest BCUT2D eigenvalue weighted by Crippen LogP contribution is 2.17. The van der Waals surface area contributed by atoms with E-state index >= 15 is 0 Å². The highest BCUT2D eigenvalue weighted by Gasteiger charge is 2.15. The lowest BCUT2D eigenvalue weighted by Gasteiger charge is -2.19. The lowest BCUT2D eigenvalue weighted by molar-refractivity contribution is -0.125. The summed E-state index contributed by atoms with van der Waals surface area (Å²) >= 11 is 0. The standard InChI is InChI=1S/C13H18FN3O3/c1-13(2,3)20-7-11(18)16-10-5-4-8(14)6-9(10)12(15)17-19/h4-6,19H,7H2,1-3H3,(H2,15,17)(H,16,18). The molecular formula is C13H18FN3O3. The number of hydrogen-bond donors (Lipinski definition) is 3. The molecule has 7 heteroatoms. The van der Waals surface area contributed by atoms with Crippen molar-refractivity contribution in [2.75, 3.05) is 11.9 Å². The van der Waals surface area contributed by atoms with Gasteiger partial charge in [-0.05, 0) is 39.0 Å². The van der Waals surface area contributed by atoms with Crippen LogP contribution in [0, 0.1) is 5.82 Å². The number of oxime groups is 1. The van der Waals surface area contributed by atoms with Gasteiger partial charge in [-0.3, -0.25) is 4.79 Å². The topological polar surface area (TPSA) is 96.9 Å². The molecule has 20 heavy (non-hydrogen) atoms. The van der Waals surface area contributed by atoms with Crippen molar-refractivity contribution in [3.8, 4) is 0 Å². The molecule has 0 fully saturated rings. The number of ether oxygens (including phenoxy) is 1. The number of hydrogen-bond acceptors (Lipinski definition) is 4. The first-order valence-electron chi connectivity index (χ1n) is 5.94. The third-order valence-corrected chi connectivity index (χ3v) is 2.28. The van der Waals surface area contributed by atoms with Gasteiger partial charge in [0.1, 0.15) is 12.4 Å². The molecular weight excluding hydrogens is 265 g/mol. The Labute approximate surface area is 116 Å². The summed E-state index contributed by atoms with van der Waals surface area (Å²) in [6, 6.07) is 3.56. The van der Waals surface area contributed by atoms with Crippen LogP contribution in [0.25, 0.3) is 0 Å². The third-order valence-electron chi connectivity index (χ3n) is 2.28.